The van der Waals surface area contributed by atoms with E-state index in [2.05, 4.69) is 16.9 Å². The summed E-state index contributed by atoms with van der Waals surface area (Å²) in [7, 11) is 0. The van der Waals surface area contributed by atoms with Crippen LogP contribution in [0.2, 0.25) is 0 Å². The predicted molar refractivity (Wildman–Crippen MR) is 52.6 cm³/mol. The van der Waals surface area contributed by atoms with Crippen molar-refractivity contribution in [1.82, 2.24) is 9.97 Å². The minimum absolute atomic E-state index is 0.683. The van der Waals surface area contributed by atoms with E-state index in [9.17, 15) is 0 Å². The van der Waals surface area contributed by atoms with E-state index in [1.54, 1.807) is 6.20 Å². The van der Waals surface area contributed by atoms with Crippen molar-refractivity contribution in [2.75, 3.05) is 0 Å². The molecule has 0 bridgehead atoms. The van der Waals surface area contributed by atoms with Gasteiger partial charge >= 0.3 is 0 Å². The molecule has 1 heterocycles. The van der Waals surface area contributed by atoms with E-state index in [0.29, 0.717) is 5.92 Å². The lowest BCUT2D eigenvalue weighted by molar-refractivity contribution is 0.434. The van der Waals surface area contributed by atoms with Crippen molar-refractivity contribution >= 4 is 0 Å². The van der Waals surface area contributed by atoms with Gasteiger partial charge in [-0.2, -0.15) is 0 Å². The maximum Gasteiger partial charge on any atom is 0.0646 e. The van der Waals surface area contributed by atoms with Crippen LogP contribution < -0.4 is 0 Å². The second-order valence-electron chi connectivity index (χ2n) is 3.86. The fourth-order valence-electron chi connectivity index (χ4n) is 2.20. The third kappa shape index (κ3) is 1.87. The van der Waals surface area contributed by atoms with Crippen LogP contribution in [0.25, 0.3) is 0 Å². The topological polar surface area (TPSA) is 25.8 Å². The smallest absolute Gasteiger partial charge is 0.0646 e. The fourth-order valence-corrected chi connectivity index (χ4v) is 2.20. The lowest BCUT2D eigenvalue weighted by Gasteiger charge is -2.21. The van der Waals surface area contributed by atoms with Crippen molar-refractivity contribution in [1.29, 1.82) is 0 Å². The van der Waals surface area contributed by atoms with Crippen molar-refractivity contribution in [2.24, 2.45) is 0 Å². The molecule has 0 N–H and O–H groups in total. The molecule has 1 saturated carbocycles. The summed E-state index contributed by atoms with van der Waals surface area (Å²) in [4.78, 5) is 8.73. The molecule has 2 rings (SSSR count). The Bertz CT molecular complexity index is 277. The number of rotatable bonds is 1. The maximum absolute atomic E-state index is 4.44. The van der Waals surface area contributed by atoms with Gasteiger partial charge in [0.2, 0.25) is 0 Å². The number of nitrogens with zero attached hydrogens (tertiary/aromatic N) is 2. The normalized spacial score (nSPS) is 18.8. The molecule has 0 atom stereocenters. The highest BCUT2D eigenvalue weighted by Crippen LogP contribution is 2.32. The number of aromatic nitrogens is 2. The summed E-state index contributed by atoms with van der Waals surface area (Å²) >= 11 is 0. The summed E-state index contributed by atoms with van der Waals surface area (Å²) in [5.74, 6) is 0.683. The van der Waals surface area contributed by atoms with Gasteiger partial charge < -0.3 is 0 Å². The highest BCUT2D eigenvalue weighted by molar-refractivity contribution is 5.14. The maximum atomic E-state index is 4.44. The Morgan fingerprint density at radius 2 is 1.77 bits per heavy atom. The van der Waals surface area contributed by atoms with Crippen LogP contribution in [0.5, 0.6) is 0 Å². The second kappa shape index (κ2) is 3.86. The third-order valence-corrected chi connectivity index (χ3v) is 2.91. The predicted octanol–water partition coefficient (Wildman–Crippen LogP) is 2.83. The quantitative estimate of drug-likeness (QED) is 0.657. The minimum atomic E-state index is 0.683. The van der Waals surface area contributed by atoms with Gasteiger partial charge in [0.1, 0.15) is 0 Å². The molecule has 13 heavy (non-hydrogen) atoms. The van der Waals surface area contributed by atoms with E-state index in [4.69, 9.17) is 0 Å². The van der Waals surface area contributed by atoms with Gasteiger partial charge in [-0.1, -0.05) is 19.3 Å². The van der Waals surface area contributed by atoms with Gasteiger partial charge in [-0.3, -0.25) is 9.97 Å². The largest absolute Gasteiger partial charge is 0.258 e. The number of aryl methyl sites for hydroxylation is 1. The van der Waals surface area contributed by atoms with Crippen LogP contribution in [0.3, 0.4) is 0 Å². The average Bonchev–Trinajstić information content (AvgIpc) is 2.20. The van der Waals surface area contributed by atoms with Crippen LogP contribution in [0.1, 0.15) is 49.4 Å². The monoisotopic (exact) mass is 176 g/mol. The zero-order valence-corrected chi connectivity index (χ0v) is 8.16. The fraction of sp³-hybridized carbons (Fsp3) is 0.636. The molecule has 1 aromatic rings. The summed E-state index contributed by atoms with van der Waals surface area (Å²) in [5, 5.41) is 0. The Hall–Kier alpha value is -0.920. The van der Waals surface area contributed by atoms with Gasteiger partial charge in [0.05, 0.1) is 11.4 Å². The van der Waals surface area contributed by atoms with Crippen molar-refractivity contribution in [3.63, 3.8) is 0 Å². The van der Waals surface area contributed by atoms with Gasteiger partial charge in [0.25, 0.3) is 0 Å². The molecule has 70 valence electrons. The molecule has 0 radical (unpaired) electrons. The first kappa shape index (κ1) is 8.67. The first-order valence-electron chi connectivity index (χ1n) is 5.15. The van der Waals surface area contributed by atoms with Gasteiger partial charge in [-0.15, -0.1) is 0 Å². The SMILES string of the molecule is Cc1nccnc1C1CCCCC1. The molecule has 0 saturated heterocycles. The molecule has 1 aliphatic rings. The molecule has 0 unspecified atom stereocenters. The molecule has 0 aliphatic heterocycles. The summed E-state index contributed by atoms with van der Waals surface area (Å²) < 4.78 is 0. The minimum Gasteiger partial charge on any atom is -0.258 e. The number of hydrogen-bond donors (Lipinski definition) is 0. The Labute approximate surface area is 79.4 Å². The molecule has 2 nitrogen and oxygen atoms in total. The van der Waals surface area contributed by atoms with Gasteiger partial charge in [0.15, 0.2) is 0 Å². The van der Waals surface area contributed by atoms with Crippen molar-refractivity contribution in [3.05, 3.63) is 23.8 Å². The Kier molecular flexibility index (Phi) is 2.57. The van der Waals surface area contributed by atoms with Gasteiger partial charge in [0, 0.05) is 18.3 Å². The average molecular weight is 176 g/mol. The van der Waals surface area contributed by atoms with Gasteiger partial charge in [-0.05, 0) is 19.8 Å². The molecular weight excluding hydrogens is 160 g/mol. The molecule has 1 aliphatic carbocycles. The van der Waals surface area contributed by atoms with Crippen LogP contribution in [-0.4, -0.2) is 9.97 Å². The van der Waals surface area contributed by atoms with Crippen LogP contribution in [0.4, 0.5) is 0 Å². The summed E-state index contributed by atoms with van der Waals surface area (Å²) in [6.45, 7) is 2.07. The molecule has 1 fully saturated rings. The summed E-state index contributed by atoms with van der Waals surface area (Å²) in [6, 6.07) is 0. The molecule has 1 aromatic heterocycles. The highest BCUT2D eigenvalue weighted by atomic mass is 14.8. The first-order chi connectivity index (χ1) is 6.38. The Morgan fingerprint density at radius 3 is 2.46 bits per heavy atom. The summed E-state index contributed by atoms with van der Waals surface area (Å²) in [6.07, 6.45) is 10.3. The molecule has 0 spiro atoms. The number of hydrogen-bond acceptors (Lipinski definition) is 2. The van der Waals surface area contributed by atoms with Gasteiger partial charge in [-0.25, -0.2) is 0 Å². The molecule has 0 amide bonds. The lowest BCUT2D eigenvalue weighted by Crippen LogP contribution is -2.08. The van der Waals surface area contributed by atoms with E-state index in [0.717, 1.165) is 5.69 Å². The van der Waals surface area contributed by atoms with E-state index >= 15 is 0 Å². The van der Waals surface area contributed by atoms with Crippen molar-refractivity contribution < 1.29 is 0 Å². The highest BCUT2D eigenvalue weighted by Gasteiger charge is 2.18. The van der Waals surface area contributed by atoms with E-state index in [1.165, 1.54) is 37.8 Å². The Morgan fingerprint density at radius 1 is 1.08 bits per heavy atom. The second-order valence-corrected chi connectivity index (χ2v) is 3.86. The first-order valence-corrected chi connectivity index (χ1v) is 5.15. The van der Waals surface area contributed by atoms with Crippen LogP contribution in [-0.2, 0) is 0 Å². The zero-order chi connectivity index (χ0) is 9.10. The standard InChI is InChI=1S/C11H16N2/c1-9-11(13-8-7-12-9)10-5-3-2-4-6-10/h7-8,10H,2-6H2,1H3. The van der Waals surface area contributed by atoms with E-state index < -0.39 is 0 Å². The van der Waals surface area contributed by atoms with E-state index in [1.807, 2.05) is 6.20 Å². The summed E-state index contributed by atoms with van der Waals surface area (Å²) in [5.41, 5.74) is 2.36. The third-order valence-electron chi connectivity index (χ3n) is 2.91. The molecule has 0 aromatic carbocycles. The zero-order valence-electron chi connectivity index (χ0n) is 8.16. The van der Waals surface area contributed by atoms with Crippen LogP contribution >= 0.6 is 0 Å². The van der Waals surface area contributed by atoms with E-state index in [-0.39, 0.29) is 0 Å². The van der Waals surface area contributed by atoms with Crippen LogP contribution in [0, 0.1) is 6.92 Å². The van der Waals surface area contributed by atoms with Crippen molar-refractivity contribution in [3.8, 4) is 0 Å². The van der Waals surface area contributed by atoms with Crippen molar-refractivity contribution in [2.45, 2.75) is 44.9 Å². The lowest BCUT2D eigenvalue weighted by atomic mass is 9.86. The Balaban J connectivity index is 2.18. The molecule has 2 heteroatoms. The molecular formula is C11H16N2. The van der Waals surface area contributed by atoms with Crippen LogP contribution in [0.15, 0.2) is 12.4 Å².